The van der Waals surface area contributed by atoms with Crippen LogP contribution >= 0.6 is 0 Å². The number of nitrogens with zero attached hydrogens (tertiary/aromatic N) is 9. The standard InChI is InChI=1S/C62H37N9/c63-38-42-15-13-17-44(31-42)57-37-58(68-62(67-57)45-18-14-16-43(32-45)39-64)61-46(40-65)33-54(34-47(61)41-66)71-59-29-27-52(69(48-19-5-1-6-20-48)49-21-7-2-8-22-49)35-55(59)56-36-53(28-30-60(56)71)70(50-23-9-3-10-24-50)51-25-11-4-12-26-51/h1-37H. The molecule has 0 saturated carbocycles. The third kappa shape index (κ3) is 8.11. The Kier molecular flexibility index (Phi) is 11.3. The fourth-order valence-corrected chi connectivity index (χ4v) is 9.29. The lowest BCUT2D eigenvalue weighted by Crippen LogP contribution is -2.09. The molecule has 330 valence electrons. The van der Waals surface area contributed by atoms with Crippen molar-refractivity contribution in [2.45, 2.75) is 0 Å². The van der Waals surface area contributed by atoms with Gasteiger partial charge in [0.2, 0.25) is 0 Å². The largest absolute Gasteiger partial charge is 0.310 e. The molecule has 0 radical (unpaired) electrons. The summed E-state index contributed by atoms with van der Waals surface area (Å²) in [6.45, 7) is 0. The second kappa shape index (κ2) is 18.6. The molecule has 0 amide bonds. The molecule has 0 saturated heterocycles. The second-order valence-corrected chi connectivity index (χ2v) is 16.7. The van der Waals surface area contributed by atoms with Gasteiger partial charge in [-0.1, -0.05) is 97.1 Å². The summed E-state index contributed by atoms with van der Waals surface area (Å²) in [5, 5.41) is 43.7. The summed E-state index contributed by atoms with van der Waals surface area (Å²) in [5.74, 6) is 0.294. The van der Waals surface area contributed by atoms with Crippen molar-refractivity contribution in [2.75, 3.05) is 9.80 Å². The van der Waals surface area contributed by atoms with Gasteiger partial charge in [-0.2, -0.15) is 21.0 Å². The Labute approximate surface area is 410 Å². The van der Waals surface area contributed by atoms with E-state index in [1.54, 1.807) is 42.5 Å². The number of rotatable bonds is 10. The summed E-state index contributed by atoms with van der Waals surface area (Å²) in [7, 11) is 0. The van der Waals surface area contributed by atoms with Crippen LogP contribution in [0.3, 0.4) is 0 Å². The van der Waals surface area contributed by atoms with E-state index in [2.05, 4.69) is 124 Å². The molecule has 0 spiro atoms. The number of hydrogen-bond donors (Lipinski definition) is 0. The van der Waals surface area contributed by atoms with Gasteiger partial charge >= 0.3 is 0 Å². The topological polar surface area (TPSA) is 132 Å². The second-order valence-electron chi connectivity index (χ2n) is 16.7. The maximum Gasteiger partial charge on any atom is 0.160 e. The summed E-state index contributed by atoms with van der Waals surface area (Å²) in [6, 6.07) is 82.6. The molecule has 9 heteroatoms. The van der Waals surface area contributed by atoms with E-state index in [4.69, 9.17) is 9.97 Å². The Morgan fingerprint density at radius 1 is 0.352 bits per heavy atom. The van der Waals surface area contributed by atoms with Crippen LogP contribution in [0.4, 0.5) is 34.1 Å². The average Bonchev–Trinajstić information content (AvgIpc) is 3.77. The summed E-state index contributed by atoms with van der Waals surface area (Å²) in [4.78, 5) is 14.3. The molecule has 11 rings (SSSR count). The molecule has 11 aromatic rings. The van der Waals surface area contributed by atoms with Crippen molar-refractivity contribution >= 4 is 55.9 Å². The molecular formula is C62H37N9. The zero-order chi connectivity index (χ0) is 48.3. The number of fused-ring (bicyclic) bond motifs is 3. The van der Waals surface area contributed by atoms with Crippen molar-refractivity contribution < 1.29 is 0 Å². The van der Waals surface area contributed by atoms with Crippen molar-refractivity contribution in [3.63, 3.8) is 0 Å². The van der Waals surface area contributed by atoms with Gasteiger partial charge in [-0.25, -0.2) is 9.97 Å². The quantitative estimate of drug-likeness (QED) is 0.132. The van der Waals surface area contributed by atoms with Gasteiger partial charge in [-0.3, -0.25) is 0 Å². The van der Waals surface area contributed by atoms with Crippen LogP contribution in [0.1, 0.15) is 22.3 Å². The molecule has 2 aromatic heterocycles. The highest BCUT2D eigenvalue weighted by molar-refractivity contribution is 6.12. The molecule has 0 aliphatic heterocycles. The zero-order valence-electron chi connectivity index (χ0n) is 37.9. The predicted molar refractivity (Wildman–Crippen MR) is 281 cm³/mol. The molecule has 0 fully saturated rings. The molecule has 2 heterocycles. The van der Waals surface area contributed by atoms with Crippen LogP contribution in [0.2, 0.25) is 0 Å². The smallest absolute Gasteiger partial charge is 0.160 e. The maximum absolute atomic E-state index is 11.1. The van der Waals surface area contributed by atoms with Crippen molar-refractivity contribution in [1.82, 2.24) is 14.5 Å². The average molecular weight is 908 g/mol. The Hall–Kier alpha value is -10.6. The molecule has 0 bridgehead atoms. The van der Waals surface area contributed by atoms with Gasteiger partial charge in [0.1, 0.15) is 0 Å². The Balaban J connectivity index is 1.15. The third-order valence-corrected chi connectivity index (χ3v) is 12.4. The molecule has 0 unspecified atom stereocenters. The van der Waals surface area contributed by atoms with Crippen LogP contribution in [0.15, 0.2) is 224 Å². The highest BCUT2D eigenvalue weighted by Gasteiger charge is 2.23. The number of nitriles is 4. The number of anilines is 6. The first kappa shape index (κ1) is 43.0. The van der Waals surface area contributed by atoms with E-state index in [0.29, 0.717) is 50.7 Å². The van der Waals surface area contributed by atoms with Crippen LogP contribution in [0, 0.1) is 45.3 Å². The minimum absolute atomic E-state index is 0.230. The molecule has 0 atom stereocenters. The molecule has 0 N–H and O–H groups in total. The first-order chi connectivity index (χ1) is 35.0. The van der Waals surface area contributed by atoms with Gasteiger partial charge in [0.05, 0.1) is 69.0 Å². The van der Waals surface area contributed by atoms with E-state index in [0.717, 1.165) is 55.9 Å². The minimum Gasteiger partial charge on any atom is -0.310 e. The van der Waals surface area contributed by atoms with Gasteiger partial charge in [-0.15, -0.1) is 0 Å². The van der Waals surface area contributed by atoms with Gasteiger partial charge in [0.15, 0.2) is 5.82 Å². The summed E-state index contributed by atoms with van der Waals surface area (Å²) >= 11 is 0. The zero-order valence-corrected chi connectivity index (χ0v) is 37.9. The van der Waals surface area contributed by atoms with Gasteiger partial charge in [0, 0.05) is 67.3 Å². The highest BCUT2D eigenvalue weighted by atomic mass is 15.1. The molecule has 0 aliphatic carbocycles. The van der Waals surface area contributed by atoms with E-state index in [1.165, 1.54) is 0 Å². The number of hydrogen-bond acceptors (Lipinski definition) is 8. The number of aromatic nitrogens is 3. The highest BCUT2D eigenvalue weighted by Crippen LogP contribution is 2.44. The third-order valence-electron chi connectivity index (χ3n) is 12.4. The van der Waals surface area contributed by atoms with Crippen molar-refractivity contribution in [1.29, 1.82) is 21.0 Å². The van der Waals surface area contributed by atoms with Gasteiger partial charge < -0.3 is 14.4 Å². The van der Waals surface area contributed by atoms with Crippen molar-refractivity contribution in [3.8, 4) is 63.9 Å². The predicted octanol–water partition coefficient (Wildman–Crippen LogP) is 15.0. The fourth-order valence-electron chi connectivity index (χ4n) is 9.29. The lowest BCUT2D eigenvalue weighted by Gasteiger charge is -2.26. The Bertz CT molecular complexity index is 3660. The van der Waals surface area contributed by atoms with Crippen LogP contribution in [0.25, 0.3) is 61.4 Å². The molecular weight excluding hydrogens is 871 g/mol. The first-order valence-corrected chi connectivity index (χ1v) is 22.8. The van der Waals surface area contributed by atoms with E-state index in [-0.39, 0.29) is 11.1 Å². The SMILES string of the molecule is N#Cc1cccc(-c2cc(-c3c(C#N)cc(-n4c5ccc(N(c6ccccc6)c6ccccc6)cc5c5cc(N(c6ccccc6)c6ccccc6)ccc54)cc3C#N)nc(-c3cccc(C#N)c3)n2)c1. The first-order valence-electron chi connectivity index (χ1n) is 22.8. The fraction of sp³-hybridized carbons (Fsp3) is 0. The van der Waals surface area contributed by atoms with E-state index in [1.807, 2.05) is 97.1 Å². The Morgan fingerprint density at radius 3 is 1.21 bits per heavy atom. The molecule has 0 aliphatic rings. The summed E-state index contributed by atoms with van der Waals surface area (Å²) in [5.41, 5.74) is 12.0. The van der Waals surface area contributed by atoms with Crippen LogP contribution < -0.4 is 9.80 Å². The van der Waals surface area contributed by atoms with Crippen molar-refractivity contribution in [3.05, 3.63) is 247 Å². The summed E-state index contributed by atoms with van der Waals surface area (Å²) in [6.07, 6.45) is 0. The van der Waals surface area contributed by atoms with Gasteiger partial charge in [0.25, 0.3) is 0 Å². The normalized spacial score (nSPS) is 10.8. The summed E-state index contributed by atoms with van der Waals surface area (Å²) < 4.78 is 2.12. The van der Waals surface area contributed by atoms with E-state index in [9.17, 15) is 21.0 Å². The van der Waals surface area contributed by atoms with E-state index >= 15 is 0 Å². The Morgan fingerprint density at radius 2 is 0.775 bits per heavy atom. The van der Waals surface area contributed by atoms with Crippen LogP contribution in [-0.2, 0) is 0 Å². The molecule has 9 nitrogen and oxygen atoms in total. The van der Waals surface area contributed by atoms with E-state index < -0.39 is 0 Å². The monoisotopic (exact) mass is 907 g/mol. The number of benzene rings is 9. The molecule has 9 aromatic carbocycles. The van der Waals surface area contributed by atoms with Crippen molar-refractivity contribution in [2.24, 2.45) is 0 Å². The lowest BCUT2D eigenvalue weighted by molar-refractivity contribution is 1.16. The number of para-hydroxylation sites is 4. The van der Waals surface area contributed by atoms with Gasteiger partial charge in [-0.05, 0) is 127 Å². The maximum atomic E-state index is 11.1. The van der Waals surface area contributed by atoms with Crippen LogP contribution in [-0.4, -0.2) is 14.5 Å². The molecule has 71 heavy (non-hydrogen) atoms. The van der Waals surface area contributed by atoms with Crippen LogP contribution in [0.5, 0.6) is 0 Å². The lowest BCUT2D eigenvalue weighted by atomic mass is 9.96. The minimum atomic E-state index is 0.230.